The van der Waals surface area contributed by atoms with Gasteiger partial charge in [0.2, 0.25) is 22.8 Å². The average molecular weight is 1620 g/mol. The van der Waals surface area contributed by atoms with Crippen LogP contribution in [0.25, 0.3) is 89.5 Å². The van der Waals surface area contributed by atoms with Gasteiger partial charge in [-0.15, -0.1) is 0 Å². The van der Waals surface area contributed by atoms with Gasteiger partial charge in [-0.1, -0.05) is 287 Å². The van der Waals surface area contributed by atoms with E-state index in [2.05, 4.69) is 130 Å². The van der Waals surface area contributed by atoms with Crippen molar-refractivity contribution in [3.63, 3.8) is 0 Å². The number of pyridine rings is 4. The van der Waals surface area contributed by atoms with E-state index in [9.17, 15) is 2.74 Å². The van der Waals surface area contributed by atoms with Gasteiger partial charge in [0.1, 0.15) is 28.2 Å². The number of benzene rings is 8. The zero-order chi connectivity index (χ0) is 106. The molecule has 12 aromatic rings. The van der Waals surface area contributed by atoms with Crippen molar-refractivity contribution in [3.8, 4) is 89.5 Å². The third-order valence-electron chi connectivity index (χ3n) is 21.4. The van der Waals surface area contributed by atoms with Crippen molar-refractivity contribution in [1.82, 2.24) is 0 Å². The second-order valence-corrected chi connectivity index (χ2v) is 41.2. The van der Waals surface area contributed by atoms with Crippen molar-refractivity contribution in [2.24, 2.45) is 49.9 Å². The summed E-state index contributed by atoms with van der Waals surface area (Å²) < 4.78 is 178. The minimum atomic E-state index is -2.34. The van der Waals surface area contributed by atoms with Gasteiger partial charge in [0.05, 0.1) is 0 Å². The molecule has 0 N–H and O–H groups in total. The van der Waals surface area contributed by atoms with Crippen molar-refractivity contribution in [3.05, 3.63) is 308 Å². The number of nitrogens with zero attached hydrogens (tertiary/aromatic N) is 4. The van der Waals surface area contributed by atoms with E-state index in [1.807, 2.05) is 299 Å². The first-order valence-corrected chi connectivity index (χ1v) is 42.4. The van der Waals surface area contributed by atoms with Gasteiger partial charge in [-0.3, -0.25) is 0 Å². The van der Waals surface area contributed by atoms with Crippen molar-refractivity contribution in [1.29, 1.82) is 0 Å². The molecule has 0 radical (unpaired) electrons. The summed E-state index contributed by atoms with van der Waals surface area (Å²) in [6, 6.07) is 62.7. The van der Waals surface area contributed by atoms with Crippen LogP contribution < -0.4 is 18.3 Å². The molecule has 0 aliphatic rings. The van der Waals surface area contributed by atoms with Gasteiger partial charge in [-0.25, -0.2) is 18.3 Å². The molecular weight excluding hydrogens is 1450 g/mol. The number of aryl methyl sites for hydroxylation is 12. The number of rotatable bonds is 12. The quantitative estimate of drug-likeness (QED) is 0.108. The van der Waals surface area contributed by atoms with Crippen LogP contribution in [0.15, 0.2) is 219 Å². The fourth-order valence-corrected chi connectivity index (χ4v) is 15.2. The lowest BCUT2D eigenvalue weighted by Crippen LogP contribution is -2.33. The van der Waals surface area contributed by atoms with Crippen LogP contribution in [0.4, 0.5) is 0 Å². The molecule has 4 heterocycles. The van der Waals surface area contributed by atoms with E-state index in [-0.39, 0.29) is 27.2 Å². The Kier molecular flexibility index (Phi) is 21.2. The molecule has 0 saturated carbocycles. The Labute approximate surface area is 757 Å². The summed E-state index contributed by atoms with van der Waals surface area (Å²) in [6.07, 6.45) is 0.728. The molecule has 8 aromatic carbocycles. The molecule has 0 aliphatic heterocycles. The van der Waals surface area contributed by atoms with Gasteiger partial charge in [0.15, 0.2) is 24.8 Å². The lowest BCUT2D eigenvalue weighted by Gasteiger charge is -2.25. The van der Waals surface area contributed by atoms with Crippen LogP contribution in [0.5, 0.6) is 0 Å². The Morgan fingerprint density at radius 1 is 0.250 bits per heavy atom. The van der Waals surface area contributed by atoms with E-state index in [1.165, 1.54) is 16.7 Å². The second-order valence-electron chi connectivity index (χ2n) is 41.2. The van der Waals surface area contributed by atoms with Crippen LogP contribution >= 0.6 is 0 Å². The van der Waals surface area contributed by atoms with E-state index in [0.29, 0.717) is 61.3 Å². The maximum atomic E-state index is 9.23. The molecule has 0 amide bonds. The largest absolute Gasteiger partial charge is 0.212 e. The summed E-state index contributed by atoms with van der Waals surface area (Å²) in [6.45, 7) is 46.9. The third kappa shape index (κ3) is 24.8. The molecule has 4 heteroatoms. The standard InChI is InChI=1S/C34H48N.2C29H38N.C24H28N/c1-23-17-24(2)29(19-28(23)27-15-13-14-16-30(27)34(9,10)11)31-18-25(20-32(3,4)5)26(22-35(31)12)21-33(6,7)8;1-20-16-21(2)26(27-15-10-22(19-30(27)9)18-28(3,4)5)17-25(20)23-11-13-24(14-12-23)29(6,7)8;1-20-16-21(2)26(27-17-22(14-15-30(27)9)19-28(3,4)5)18-25(20)23-10-12-24(13-11-23)29(6,7)8;1-17-15-18(2)22(23-9-7-8-14-25(23)6)16-21(17)19-10-12-20(13-11-19)24(3,4)5/h13-19,22H,20-21H2,1-12H3;10-17,19H,18H2,1-9H3;10-18H,19H2,1-9H3;7-16H,1-6H3/q4*+1/i1D3,20D2,21D2;1D3,18D2;1D3,19D2;1D3. The Hall–Kier alpha value is -9.64. The normalized spacial score (nSPS) is 15.7. The zero-order valence-corrected chi connectivity index (χ0v) is 78.6. The summed E-state index contributed by atoms with van der Waals surface area (Å²) >= 11 is 0. The molecule has 0 spiro atoms. The summed E-state index contributed by atoms with van der Waals surface area (Å²) in [5.41, 5.74) is 21.8. The van der Waals surface area contributed by atoms with Crippen LogP contribution in [-0.4, -0.2) is 0 Å². The highest BCUT2D eigenvalue weighted by molar-refractivity contribution is 5.81. The molecule has 0 atom stereocenters. The van der Waals surface area contributed by atoms with Crippen molar-refractivity contribution >= 4 is 0 Å². The third-order valence-corrected chi connectivity index (χ3v) is 21.4. The van der Waals surface area contributed by atoms with E-state index >= 15 is 0 Å². The first kappa shape index (κ1) is 68.9. The molecule has 0 saturated heterocycles. The van der Waals surface area contributed by atoms with E-state index in [1.54, 1.807) is 30.5 Å². The Morgan fingerprint density at radius 3 is 0.975 bits per heavy atom. The molecule has 4 nitrogen and oxygen atoms in total. The number of aromatic nitrogens is 4. The van der Waals surface area contributed by atoms with Gasteiger partial charge in [-0.2, -0.15) is 0 Å². The summed E-state index contributed by atoms with van der Waals surface area (Å²) in [5, 5.41) is 0. The highest BCUT2D eigenvalue weighted by atomic mass is 14.9. The highest BCUT2D eigenvalue weighted by Gasteiger charge is 2.29. The SMILES string of the molecule is [2H]C([2H])([2H])c1cc(C)c(-c2cc(C([2H])([2H])C(C)(C)C)c(C([2H])([2H])C(C)(C)C)c[n+]2C)cc1-c1ccccc1C(C)(C)C.[2H]C([2H])([2H])c1cc(C)c(-c2cc(C([2H])([2H])C(C)(C)C)cc[n+]2C)cc1-c1ccc(C(C)(C)C)cc1.[2H]C([2H])([2H])c1cc(C)c(-c2ccc(C([2H])([2H])C(C)(C)C)c[n+]2C)cc1-c1ccc(C(C)(C)C)cc1.[2H]C([2H])([2H])c1cc(C)c(-c2cccc[n+]2C)cc1-c1ccc(C(C)(C)C)cc1. The topological polar surface area (TPSA) is 15.5 Å². The zero-order valence-electron chi connectivity index (χ0n) is 98.6. The molecular formula is C116H152N4+4. The molecule has 0 bridgehead atoms. The minimum absolute atomic E-state index is 0.00405. The summed E-state index contributed by atoms with van der Waals surface area (Å²) in [5.74, 6) is 0. The molecule has 0 fully saturated rings. The van der Waals surface area contributed by atoms with Crippen molar-refractivity contribution in [2.45, 2.75) is 268 Å². The van der Waals surface area contributed by atoms with Crippen LogP contribution in [0.3, 0.4) is 0 Å². The van der Waals surface area contributed by atoms with E-state index in [4.69, 9.17) is 24.7 Å². The van der Waals surface area contributed by atoms with Gasteiger partial charge < -0.3 is 0 Å². The first-order chi connectivity index (χ1) is 63.4. The van der Waals surface area contributed by atoms with Crippen LogP contribution in [0.1, 0.15) is 283 Å². The van der Waals surface area contributed by atoms with Gasteiger partial charge in [0.25, 0.3) is 0 Å². The molecule has 632 valence electrons. The van der Waals surface area contributed by atoms with E-state index < -0.39 is 74.6 Å². The lowest BCUT2D eigenvalue weighted by atomic mass is 9.80. The van der Waals surface area contributed by atoms with Crippen molar-refractivity contribution in [2.75, 3.05) is 0 Å². The molecule has 0 aliphatic carbocycles. The van der Waals surface area contributed by atoms with Crippen LogP contribution in [-0.2, 0) is 75.3 Å². The smallest absolute Gasteiger partial charge is 0.201 e. The van der Waals surface area contributed by atoms with Gasteiger partial charge >= 0.3 is 0 Å². The molecule has 120 heavy (non-hydrogen) atoms. The molecule has 0 unspecified atom stereocenters. The number of hydrogen-bond acceptors (Lipinski definition) is 0. The Morgan fingerprint density at radius 2 is 0.592 bits per heavy atom. The fourth-order valence-electron chi connectivity index (χ4n) is 15.2. The first-order valence-electron chi connectivity index (χ1n) is 52.4. The van der Waals surface area contributed by atoms with E-state index in [0.717, 1.165) is 95.0 Å². The Bertz CT molecular complexity index is 6490. The molecule has 12 rings (SSSR count). The van der Waals surface area contributed by atoms with Crippen LogP contribution in [0, 0.1) is 76.8 Å². The fraction of sp³-hybridized carbons (Fsp3) is 0.414. The Balaban J connectivity index is 0.000000210. The lowest BCUT2D eigenvalue weighted by molar-refractivity contribution is -0.661. The molecule has 4 aromatic heterocycles. The monoisotopic (exact) mass is 1620 g/mol. The number of hydrogen-bond donors (Lipinski definition) is 0. The maximum Gasteiger partial charge on any atom is 0.212 e. The van der Waals surface area contributed by atoms with Gasteiger partial charge in [0, 0.05) is 97.2 Å². The summed E-state index contributed by atoms with van der Waals surface area (Å²) in [7, 11) is 7.69. The van der Waals surface area contributed by atoms with Gasteiger partial charge in [-0.05, 0) is 283 Å². The highest BCUT2D eigenvalue weighted by Crippen LogP contribution is 2.42. The minimum Gasteiger partial charge on any atom is -0.201 e. The second kappa shape index (κ2) is 37.0. The van der Waals surface area contributed by atoms with Crippen LogP contribution in [0.2, 0.25) is 0 Å². The maximum absolute atomic E-state index is 9.23. The van der Waals surface area contributed by atoms with Crippen molar-refractivity contribution < 1.29 is 45.7 Å². The summed E-state index contributed by atoms with van der Waals surface area (Å²) in [4.78, 5) is 0. The predicted molar refractivity (Wildman–Crippen MR) is 519 cm³/mol. The average Bonchev–Trinajstić information content (AvgIpc) is 0.727. The predicted octanol–water partition coefficient (Wildman–Crippen LogP) is 29.4.